The zero-order valence-corrected chi connectivity index (χ0v) is 19.3. The molecule has 0 atom stereocenters. The summed E-state index contributed by atoms with van der Waals surface area (Å²) in [6.07, 6.45) is 4.39. The lowest BCUT2D eigenvalue weighted by Crippen LogP contribution is -2.34. The number of carbonyl (C=O) groups excluding carboxylic acids is 2. The number of ether oxygens (including phenoxy) is 1. The molecule has 166 valence electrons. The Hall–Kier alpha value is -2.93. The quantitative estimate of drug-likeness (QED) is 0.422. The van der Waals surface area contributed by atoms with Gasteiger partial charge in [0.05, 0.1) is 6.61 Å². The highest BCUT2D eigenvalue weighted by atomic mass is 32.1. The molecule has 0 bridgehead atoms. The first kappa shape index (κ1) is 24.3. The molecule has 7 heteroatoms. The number of hydrogen-bond donors (Lipinski definition) is 2. The van der Waals surface area contributed by atoms with E-state index < -0.39 is 0 Å². The van der Waals surface area contributed by atoms with Crippen LogP contribution in [0.15, 0.2) is 48.5 Å². The molecule has 0 radical (unpaired) electrons. The average molecular weight is 442 g/mol. The van der Waals surface area contributed by atoms with Crippen molar-refractivity contribution in [2.45, 2.75) is 39.0 Å². The molecule has 2 aromatic rings. The molecule has 2 amide bonds. The van der Waals surface area contributed by atoms with Gasteiger partial charge in [-0.05, 0) is 67.0 Å². The average Bonchev–Trinajstić information content (AvgIpc) is 2.75. The van der Waals surface area contributed by atoms with Crippen LogP contribution in [0.25, 0.3) is 0 Å². The van der Waals surface area contributed by atoms with Gasteiger partial charge in [0, 0.05) is 31.8 Å². The van der Waals surface area contributed by atoms with Gasteiger partial charge in [0.15, 0.2) is 5.11 Å². The summed E-state index contributed by atoms with van der Waals surface area (Å²) in [5, 5.41) is 5.93. The molecule has 0 unspecified atom stereocenters. The van der Waals surface area contributed by atoms with E-state index in [4.69, 9.17) is 17.0 Å². The number of thiocarbonyl (C=S) groups is 1. The Kier molecular flexibility index (Phi) is 9.97. The third-order valence-corrected chi connectivity index (χ3v) is 4.88. The van der Waals surface area contributed by atoms with Gasteiger partial charge < -0.3 is 15.0 Å². The Bertz CT molecular complexity index is 882. The molecular formula is C24H31N3O3S. The number of anilines is 1. The molecule has 0 aliphatic heterocycles. The van der Waals surface area contributed by atoms with Crippen LogP contribution in [0.5, 0.6) is 5.75 Å². The zero-order chi connectivity index (χ0) is 22.6. The van der Waals surface area contributed by atoms with E-state index in [1.165, 1.54) is 0 Å². The van der Waals surface area contributed by atoms with Crippen molar-refractivity contribution in [3.05, 3.63) is 59.7 Å². The van der Waals surface area contributed by atoms with E-state index in [1.807, 2.05) is 24.3 Å². The first-order valence-corrected chi connectivity index (χ1v) is 10.9. The Morgan fingerprint density at radius 1 is 1.06 bits per heavy atom. The Labute approximate surface area is 190 Å². The molecule has 0 heterocycles. The standard InChI is InChI=1S/C24H31N3O3S/c1-4-5-6-16-30-21-13-11-19(12-14-21)23(29)26-24(31)25-20-9-7-8-18(17-20)10-15-22(28)27(2)3/h7-9,11-14,17H,4-6,10,15-16H2,1-3H3,(H2,25,26,29,31). The molecule has 0 fully saturated rings. The normalized spacial score (nSPS) is 10.3. The third-order valence-electron chi connectivity index (χ3n) is 4.67. The third kappa shape index (κ3) is 8.76. The smallest absolute Gasteiger partial charge is 0.257 e. The SMILES string of the molecule is CCCCCOc1ccc(C(=O)NC(=S)Nc2cccc(CCC(=O)N(C)C)c2)cc1. The van der Waals surface area contributed by atoms with Crippen LogP contribution < -0.4 is 15.4 Å². The highest BCUT2D eigenvalue weighted by Crippen LogP contribution is 2.14. The first-order chi connectivity index (χ1) is 14.9. The lowest BCUT2D eigenvalue weighted by Gasteiger charge is -2.12. The summed E-state index contributed by atoms with van der Waals surface area (Å²) in [6.45, 7) is 2.83. The Morgan fingerprint density at radius 3 is 2.48 bits per heavy atom. The second-order valence-corrected chi connectivity index (χ2v) is 7.88. The summed E-state index contributed by atoms with van der Waals surface area (Å²) >= 11 is 5.28. The fraction of sp³-hybridized carbons (Fsp3) is 0.375. The van der Waals surface area contributed by atoms with E-state index in [9.17, 15) is 9.59 Å². The number of hydrogen-bond acceptors (Lipinski definition) is 4. The van der Waals surface area contributed by atoms with Crippen LogP contribution >= 0.6 is 12.2 Å². The van der Waals surface area contributed by atoms with Crippen molar-refractivity contribution in [2.24, 2.45) is 0 Å². The summed E-state index contributed by atoms with van der Waals surface area (Å²) in [7, 11) is 3.49. The number of aryl methyl sites for hydroxylation is 1. The van der Waals surface area contributed by atoms with Gasteiger partial charge in [0.1, 0.15) is 5.75 Å². The van der Waals surface area contributed by atoms with Gasteiger partial charge in [-0.15, -0.1) is 0 Å². The molecule has 2 aromatic carbocycles. The molecule has 31 heavy (non-hydrogen) atoms. The lowest BCUT2D eigenvalue weighted by atomic mass is 10.1. The number of nitrogens with zero attached hydrogens (tertiary/aromatic N) is 1. The van der Waals surface area contributed by atoms with Crippen LogP contribution in [-0.2, 0) is 11.2 Å². The molecule has 0 saturated carbocycles. The van der Waals surface area contributed by atoms with Crippen molar-refractivity contribution in [3.63, 3.8) is 0 Å². The minimum absolute atomic E-state index is 0.0820. The van der Waals surface area contributed by atoms with Gasteiger partial charge >= 0.3 is 0 Å². The van der Waals surface area contributed by atoms with Gasteiger partial charge in [0.2, 0.25) is 5.91 Å². The van der Waals surface area contributed by atoms with E-state index in [0.29, 0.717) is 25.0 Å². The van der Waals surface area contributed by atoms with E-state index in [1.54, 1.807) is 43.3 Å². The van der Waals surface area contributed by atoms with Crippen LogP contribution in [0.4, 0.5) is 5.69 Å². The number of benzene rings is 2. The summed E-state index contributed by atoms with van der Waals surface area (Å²) in [4.78, 5) is 25.8. The van der Waals surface area contributed by atoms with Crippen molar-refractivity contribution in [2.75, 3.05) is 26.0 Å². The van der Waals surface area contributed by atoms with E-state index in [2.05, 4.69) is 17.6 Å². The number of carbonyl (C=O) groups is 2. The van der Waals surface area contributed by atoms with Crippen LogP contribution in [0, 0.1) is 0 Å². The molecule has 6 nitrogen and oxygen atoms in total. The maximum absolute atomic E-state index is 12.4. The fourth-order valence-electron chi connectivity index (χ4n) is 2.86. The van der Waals surface area contributed by atoms with Gasteiger partial charge in [-0.3, -0.25) is 14.9 Å². The van der Waals surface area contributed by atoms with Crippen molar-refractivity contribution >= 4 is 34.8 Å². The lowest BCUT2D eigenvalue weighted by molar-refractivity contribution is -0.128. The second-order valence-electron chi connectivity index (χ2n) is 7.48. The van der Waals surface area contributed by atoms with E-state index >= 15 is 0 Å². The summed E-state index contributed by atoms with van der Waals surface area (Å²) in [6, 6.07) is 14.6. The highest BCUT2D eigenvalue weighted by molar-refractivity contribution is 7.80. The number of rotatable bonds is 10. The molecule has 0 aromatic heterocycles. The first-order valence-electron chi connectivity index (χ1n) is 10.5. The van der Waals surface area contributed by atoms with Gasteiger partial charge in [-0.1, -0.05) is 31.9 Å². The predicted molar refractivity (Wildman–Crippen MR) is 129 cm³/mol. The minimum Gasteiger partial charge on any atom is -0.494 e. The molecule has 0 spiro atoms. The summed E-state index contributed by atoms with van der Waals surface area (Å²) in [5.74, 6) is 0.541. The van der Waals surface area contributed by atoms with E-state index in [0.717, 1.165) is 36.3 Å². The largest absolute Gasteiger partial charge is 0.494 e. The molecular weight excluding hydrogens is 410 g/mol. The maximum atomic E-state index is 12.4. The molecule has 2 N–H and O–H groups in total. The Morgan fingerprint density at radius 2 is 1.81 bits per heavy atom. The number of unbranched alkanes of at least 4 members (excludes halogenated alkanes) is 2. The molecule has 0 aliphatic carbocycles. The summed E-state index contributed by atoms with van der Waals surface area (Å²) in [5.41, 5.74) is 2.28. The molecule has 0 saturated heterocycles. The van der Waals surface area contributed by atoms with Crippen molar-refractivity contribution in [3.8, 4) is 5.75 Å². The molecule has 0 aliphatic rings. The van der Waals surface area contributed by atoms with Crippen molar-refractivity contribution in [1.29, 1.82) is 0 Å². The van der Waals surface area contributed by atoms with Gasteiger partial charge in [-0.2, -0.15) is 0 Å². The topological polar surface area (TPSA) is 70.7 Å². The van der Waals surface area contributed by atoms with Gasteiger partial charge in [0.25, 0.3) is 5.91 Å². The maximum Gasteiger partial charge on any atom is 0.257 e. The fourth-order valence-corrected chi connectivity index (χ4v) is 3.07. The zero-order valence-electron chi connectivity index (χ0n) is 18.4. The van der Waals surface area contributed by atoms with Gasteiger partial charge in [-0.25, -0.2) is 0 Å². The molecule has 2 rings (SSSR count). The number of nitrogens with one attached hydrogen (secondary N) is 2. The minimum atomic E-state index is -0.289. The second kappa shape index (κ2) is 12.7. The van der Waals surface area contributed by atoms with Crippen LogP contribution in [0.2, 0.25) is 0 Å². The van der Waals surface area contributed by atoms with Crippen molar-refractivity contribution < 1.29 is 14.3 Å². The van der Waals surface area contributed by atoms with Crippen LogP contribution in [0.3, 0.4) is 0 Å². The Balaban J connectivity index is 1.84. The number of amides is 2. The van der Waals surface area contributed by atoms with Crippen LogP contribution in [-0.4, -0.2) is 42.5 Å². The summed E-state index contributed by atoms with van der Waals surface area (Å²) < 4.78 is 5.67. The highest BCUT2D eigenvalue weighted by Gasteiger charge is 2.09. The predicted octanol–water partition coefficient (Wildman–Crippen LogP) is 4.40. The van der Waals surface area contributed by atoms with E-state index in [-0.39, 0.29) is 16.9 Å². The monoisotopic (exact) mass is 441 g/mol. The van der Waals surface area contributed by atoms with Crippen molar-refractivity contribution in [1.82, 2.24) is 10.2 Å². The van der Waals surface area contributed by atoms with Crippen LogP contribution in [0.1, 0.15) is 48.5 Å².